The minimum Gasteiger partial charge on any atom is -0.508 e. The van der Waals surface area contributed by atoms with Gasteiger partial charge in [0.15, 0.2) is 5.78 Å². The van der Waals surface area contributed by atoms with Gasteiger partial charge in [0, 0.05) is 24.1 Å². The first-order chi connectivity index (χ1) is 18.7. The van der Waals surface area contributed by atoms with Gasteiger partial charge in [-0.25, -0.2) is 0 Å². The SMILES string of the molecule is O=C(c1ccc(O)cc1O)C1C(c2ccc(O)cc2)OC2c3c(O)cc(O)cc3OC(c3ccc(O)cc3)C21. The van der Waals surface area contributed by atoms with Crippen LogP contribution in [-0.4, -0.2) is 36.4 Å². The third-order valence-electron chi connectivity index (χ3n) is 7.37. The van der Waals surface area contributed by atoms with Gasteiger partial charge in [0.25, 0.3) is 0 Å². The van der Waals surface area contributed by atoms with Crippen molar-refractivity contribution in [3.05, 3.63) is 101 Å². The highest BCUT2D eigenvalue weighted by molar-refractivity contribution is 6.01. The zero-order valence-electron chi connectivity index (χ0n) is 20.3. The number of carbonyl (C=O) groups is 1. The van der Waals surface area contributed by atoms with Crippen molar-refractivity contribution >= 4 is 5.78 Å². The van der Waals surface area contributed by atoms with E-state index in [4.69, 9.17) is 9.47 Å². The first-order valence-electron chi connectivity index (χ1n) is 12.2. The Balaban J connectivity index is 1.56. The van der Waals surface area contributed by atoms with E-state index in [-0.39, 0.29) is 45.6 Å². The number of Topliss-reactive ketones (excluding diaryl/α,β-unsaturated/α-hetero) is 1. The van der Waals surface area contributed by atoms with Gasteiger partial charge in [0.05, 0.1) is 29.3 Å². The van der Waals surface area contributed by atoms with Crippen molar-refractivity contribution in [2.75, 3.05) is 0 Å². The normalized spacial score (nSPS) is 23.4. The molecule has 0 aliphatic carbocycles. The second kappa shape index (κ2) is 9.14. The molecule has 198 valence electrons. The highest BCUT2D eigenvalue weighted by atomic mass is 16.5. The fraction of sp³-hybridized carbons (Fsp3) is 0.167. The summed E-state index contributed by atoms with van der Waals surface area (Å²) in [7, 11) is 0. The van der Waals surface area contributed by atoms with Crippen LogP contribution in [0.4, 0.5) is 0 Å². The van der Waals surface area contributed by atoms with E-state index in [9.17, 15) is 35.4 Å². The molecule has 4 aromatic carbocycles. The molecule has 1 fully saturated rings. The van der Waals surface area contributed by atoms with Crippen LogP contribution in [0.5, 0.6) is 40.2 Å². The molecule has 5 unspecified atom stereocenters. The number of phenols is 6. The van der Waals surface area contributed by atoms with Crippen molar-refractivity contribution in [1.29, 1.82) is 0 Å². The molecule has 39 heavy (non-hydrogen) atoms. The van der Waals surface area contributed by atoms with Gasteiger partial charge in [-0.3, -0.25) is 4.79 Å². The average molecular weight is 529 g/mol. The standard InChI is InChI=1S/C30H24O9/c31-16-5-1-14(2-6-16)28-25(27(37)20-10-9-18(33)11-21(20)35)26-29(15-3-7-17(32)8-4-15)38-23-13-19(34)12-22(36)24(23)30(26)39-28/h1-13,25-26,28-36H. The van der Waals surface area contributed by atoms with Crippen molar-refractivity contribution < 1.29 is 44.9 Å². The van der Waals surface area contributed by atoms with Gasteiger partial charge in [0.1, 0.15) is 46.4 Å². The lowest BCUT2D eigenvalue weighted by Crippen LogP contribution is -2.35. The Bertz CT molecular complexity index is 1560. The van der Waals surface area contributed by atoms with Crippen LogP contribution in [0.1, 0.15) is 45.4 Å². The largest absolute Gasteiger partial charge is 0.508 e. The summed E-state index contributed by atoms with van der Waals surface area (Å²) in [6.07, 6.45) is -2.58. The van der Waals surface area contributed by atoms with Crippen LogP contribution >= 0.6 is 0 Å². The molecule has 9 heteroatoms. The quantitative estimate of drug-likeness (QED) is 0.201. The fourth-order valence-corrected chi connectivity index (χ4v) is 5.65. The van der Waals surface area contributed by atoms with Crippen LogP contribution in [0.25, 0.3) is 0 Å². The molecule has 0 saturated carbocycles. The minimum atomic E-state index is -0.963. The molecule has 5 atom stereocenters. The molecule has 0 spiro atoms. The zero-order valence-corrected chi connectivity index (χ0v) is 20.3. The van der Waals surface area contributed by atoms with Crippen molar-refractivity contribution in [2.24, 2.45) is 11.8 Å². The first-order valence-corrected chi connectivity index (χ1v) is 12.2. The number of hydrogen-bond donors (Lipinski definition) is 6. The number of ether oxygens (including phenoxy) is 2. The maximum Gasteiger partial charge on any atom is 0.173 e. The van der Waals surface area contributed by atoms with Crippen LogP contribution < -0.4 is 4.74 Å². The smallest absolute Gasteiger partial charge is 0.173 e. The predicted molar refractivity (Wildman–Crippen MR) is 137 cm³/mol. The number of aromatic hydroxyl groups is 6. The summed E-state index contributed by atoms with van der Waals surface area (Å²) >= 11 is 0. The van der Waals surface area contributed by atoms with E-state index in [0.29, 0.717) is 11.1 Å². The second-order valence-corrected chi connectivity index (χ2v) is 9.74. The molecule has 6 N–H and O–H groups in total. The van der Waals surface area contributed by atoms with Crippen LogP contribution in [0.3, 0.4) is 0 Å². The maximum atomic E-state index is 14.2. The van der Waals surface area contributed by atoms with E-state index >= 15 is 0 Å². The summed E-state index contributed by atoms with van der Waals surface area (Å²) < 4.78 is 12.9. The molecule has 0 radical (unpaired) electrons. The zero-order chi connectivity index (χ0) is 27.4. The van der Waals surface area contributed by atoms with Gasteiger partial charge in [0.2, 0.25) is 0 Å². The van der Waals surface area contributed by atoms with Gasteiger partial charge in [-0.2, -0.15) is 0 Å². The van der Waals surface area contributed by atoms with Gasteiger partial charge in [-0.15, -0.1) is 0 Å². The number of hydrogen-bond acceptors (Lipinski definition) is 9. The Hall–Kier alpha value is -4.89. The summed E-state index contributed by atoms with van der Waals surface area (Å²) in [5.41, 5.74) is 1.42. The topological polar surface area (TPSA) is 157 Å². The van der Waals surface area contributed by atoms with E-state index in [1.54, 1.807) is 24.3 Å². The third-order valence-corrected chi connectivity index (χ3v) is 7.37. The number of phenolic OH excluding ortho intramolecular Hbond substituents is 6. The van der Waals surface area contributed by atoms with Crippen LogP contribution in [0.2, 0.25) is 0 Å². The Morgan fingerprint density at radius 3 is 1.77 bits per heavy atom. The number of benzene rings is 4. The molecule has 0 aromatic heterocycles. The molecule has 9 nitrogen and oxygen atoms in total. The summed E-state index contributed by atoms with van der Waals surface area (Å²) in [6, 6.07) is 18.7. The van der Waals surface area contributed by atoms with E-state index in [0.717, 1.165) is 6.07 Å². The number of ketones is 1. The lowest BCUT2D eigenvalue weighted by Gasteiger charge is -2.37. The first kappa shape index (κ1) is 24.4. The molecule has 0 amide bonds. The number of fused-ring (bicyclic) bond motifs is 3. The van der Waals surface area contributed by atoms with Gasteiger partial charge < -0.3 is 40.1 Å². The molecule has 1 saturated heterocycles. The van der Waals surface area contributed by atoms with Crippen molar-refractivity contribution in [1.82, 2.24) is 0 Å². The van der Waals surface area contributed by atoms with Gasteiger partial charge in [-0.05, 0) is 47.5 Å². The Morgan fingerprint density at radius 1 is 0.590 bits per heavy atom. The van der Waals surface area contributed by atoms with Crippen LogP contribution in [0.15, 0.2) is 78.9 Å². The Labute approximate surface area is 222 Å². The predicted octanol–water partition coefficient (Wildman–Crippen LogP) is 4.98. The van der Waals surface area contributed by atoms with E-state index in [2.05, 4.69) is 0 Å². The molecule has 6 rings (SSSR count). The number of rotatable bonds is 4. The van der Waals surface area contributed by atoms with Crippen molar-refractivity contribution in [3.63, 3.8) is 0 Å². The highest BCUT2D eigenvalue weighted by Crippen LogP contribution is 2.62. The molecule has 2 aliphatic heterocycles. The lowest BCUT2D eigenvalue weighted by atomic mass is 9.72. The summed E-state index contributed by atoms with van der Waals surface area (Å²) in [5, 5.41) is 61.1. The summed E-state index contributed by atoms with van der Waals surface area (Å²) in [6.45, 7) is 0. The molecule has 2 heterocycles. The molecular formula is C30H24O9. The molecular weight excluding hydrogens is 504 g/mol. The van der Waals surface area contributed by atoms with Crippen LogP contribution in [0, 0.1) is 11.8 Å². The highest BCUT2D eigenvalue weighted by Gasteiger charge is 2.57. The fourth-order valence-electron chi connectivity index (χ4n) is 5.65. The van der Waals surface area contributed by atoms with Gasteiger partial charge >= 0.3 is 0 Å². The lowest BCUT2D eigenvalue weighted by molar-refractivity contribution is -0.00891. The van der Waals surface area contributed by atoms with Crippen molar-refractivity contribution in [2.45, 2.75) is 18.3 Å². The number of carbonyl (C=O) groups excluding carboxylic acids is 1. The van der Waals surface area contributed by atoms with Crippen LogP contribution in [-0.2, 0) is 4.74 Å². The average Bonchev–Trinajstić information content (AvgIpc) is 3.29. The Kier molecular flexibility index (Phi) is 5.73. The van der Waals surface area contributed by atoms with Gasteiger partial charge in [-0.1, -0.05) is 24.3 Å². The molecule has 4 aromatic rings. The minimum absolute atomic E-state index is 0.0250. The third kappa shape index (κ3) is 4.13. The second-order valence-electron chi connectivity index (χ2n) is 9.74. The van der Waals surface area contributed by atoms with E-state index < -0.39 is 41.7 Å². The molecule has 2 aliphatic rings. The maximum absolute atomic E-state index is 14.2. The molecule has 0 bridgehead atoms. The monoisotopic (exact) mass is 528 g/mol. The Morgan fingerprint density at radius 2 is 1.15 bits per heavy atom. The summed E-state index contributed by atoms with van der Waals surface area (Å²) in [4.78, 5) is 14.2. The van der Waals surface area contributed by atoms with E-state index in [1.807, 2.05) is 0 Å². The summed E-state index contributed by atoms with van der Waals surface area (Å²) in [5.74, 6) is -3.04. The van der Waals surface area contributed by atoms with E-state index in [1.165, 1.54) is 48.5 Å². The van der Waals surface area contributed by atoms with Crippen molar-refractivity contribution in [3.8, 4) is 40.2 Å².